The fourth-order valence-corrected chi connectivity index (χ4v) is 4.40. The summed E-state index contributed by atoms with van der Waals surface area (Å²) < 4.78 is 10.4. The number of benzene rings is 3. The minimum Gasteiger partial charge on any atom is -0.481 e. The quantitative estimate of drug-likeness (QED) is 0.360. The van der Waals surface area contributed by atoms with Gasteiger partial charge in [-0.15, -0.1) is 0 Å². The van der Waals surface area contributed by atoms with Gasteiger partial charge in [-0.05, 0) is 16.3 Å². The molecular formula is C31H34N2O8. The summed E-state index contributed by atoms with van der Waals surface area (Å²) in [6.07, 6.45) is -0.863. The second kappa shape index (κ2) is 15.3. The van der Waals surface area contributed by atoms with E-state index in [-0.39, 0.29) is 18.9 Å². The second-order valence-corrected chi connectivity index (χ2v) is 9.59. The second-order valence-electron chi connectivity index (χ2n) is 9.59. The number of fused-ring (bicyclic) bond motifs is 1. The van der Waals surface area contributed by atoms with Gasteiger partial charge < -0.3 is 24.8 Å². The maximum atomic E-state index is 12.8. The lowest BCUT2D eigenvalue weighted by molar-refractivity contribution is -0.148. The van der Waals surface area contributed by atoms with Crippen molar-refractivity contribution in [2.75, 3.05) is 13.2 Å². The van der Waals surface area contributed by atoms with Crippen LogP contribution in [-0.4, -0.2) is 70.9 Å². The van der Waals surface area contributed by atoms with Crippen molar-refractivity contribution in [3.8, 4) is 0 Å². The van der Waals surface area contributed by atoms with E-state index >= 15 is 0 Å². The Labute approximate surface area is 238 Å². The van der Waals surface area contributed by atoms with Crippen molar-refractivity contribution in [2.45, 2.75) is 51.5 Å². The number of carboxylic acids is 1. The minimum absolute atomic E-state index is 0.200. The normalized spacial score (nSPS) is 16.7. The van der Waals surface area contributed by atoms with Gasteiger partial charge in [-0.25, -0.2) is 0 Å². The number of ether oxygens (including phenoxy) is 2. The van der Waals surface area contributed by atoms with Gasteiger partial charge in [0.15, 0.2) is 12.4 Å². The molecule has 0 saturated carbocycles. The average Bonchev–Trinajstić information content (AvgIpc) is 3.40. The van der Waals surface area contributed by atoms with Gasteiger partial charge in [-0.1, -0.05) is 78.9 Å². The molecule has 0 aromatic heterocycles. The number of Topliss-reactive ketones (excluding diaryl/α,β-unsaturated/α-hetero) is 1. The zero-order chi connectivity index (χ0) is 29.8. The van der Waals surface area contributed by atoms with Crippen molar-refractivity contribution < 1.29 is 38.6 Å². The van der Waals surface area contributed by atoms with Crippen LogP contribution in [0, 0.1) is 0 Å². The third-order valence-electron chi connectivity index (χ3n) is 6.46. The summed E-state index contributed by atoms with van der Waals surface area (Å²) in [7, 11) is 0. The predicted octanol–water partition coefficient (Wildman–Crippen LogP) is 3.12. The largest absolute Gasteiger partial charge is 0.481 e. The first-order chi connectivity index (χ1) is 19.6. The Bertz CT molecular complexity index is 1290. The molecule has 10 heteroatoms. The number of carbonyl (C=O) groups is 5. The molecule has 0 spiro atoms. The maximum Gasteiger partial charge on any atom is 0.305 e. The van der Waals surface area contributed by atoms with Crippen molar-refractivity contribution in [3.63, 3.8) is 0 Å². The molecule has 1 saturated heterocycles. The van der Waals surface area contributed by atoms with Gasteiger partial charge in [-0.2, -0.15) is 0 Å². The number of carboxylic acid groups (broad SMARTS) is 1. The van der Waals surface area contributed by atoms with Crippen molar-refractivity contribution in [3.05, 3.63) is 84.4 Å². The summed E-state index contributed by atoms with van der Waals surface area (Å²) in [5.41, 5.74) is 0.947. The first-order valence-corrected chi connectivity index (χ1v) is 13.2. The Hall–Kier alpha value is -4.57. The number of rotatable bonds is 10. The SMILES string of the molecule is CC(=O)OCC(=O)C(CC(=O)O)NC(=O)C1CC(OCc2ccccc2)CN1C(C)=O.c1ccc2ccccc2c1. The molecule has 3 aromatic carbocycles. The number of hydrogen-bond donors (Lipinski definition) is 2. The van der Waals surface area contributed by atoms with E-state index in [1.54, 1.807) is 0 Å². The highest BCUT2D eigenvalue weighted by atomic mass is 16.5. The van der Waals surface area contributed by atoms with E-state index in [1.807, 2.05) is 30.3 Å². The molecule has 0 aliphatic carbocycles. The Balaban J connectivity index is 0.000000382. The molecule has 2 N–H and O–H groups in total. The van der Waals surface area contributed by atoms with Crippen LogP contribution >= 0.6 is 0 Å². The summed E-state index contributed by atoms with van der Waals surface area (Å²) in [5.74, 6) is -3.77. The highest BCUT2D eigenvalue weighted by Crippen LogP contribution is 2.22. The molecule has 3 unspecified atom stereocenters. The van der Waals surface area contributed by atoms with Crippen LogP contribution in [0.4, 0.5) is 0 Å². The van der Waals surface area contributed by atoms with Crippen molar-refractivity contribution >= 4 is 40.3 Å². The molecule has 10 nitrogen and oxygen atoms in total. The first kappa shape index (κ1) is 31.0. The molecule has 0 bridgehead atoms. The van der Waals surface area contributed by atoms with Crippen LogP contribution in [0.25, 0.3) is 10.8 Å². The monoisotopic (exact) mass is 562 g/mol. The number of likely N-dealkylation sites (tertiary alicyclic amines) is 1. The number of aliphatic carboxylic acids is 1. The standard InChI is InChI=1S/C21H26N2O8.C10H8/c1-13(24)23-10-16(31-11-15-6-4-3-5-7-15)8-18(23)21(29)22-17(9-20(27)28)19(26)12-30-14(2)25;1-2-6-10-8-4-3-7-9(10)5-1/h3-7,16-18H,8-12H2,1-2H3,(H,22,29)(H,27,28);1-8H. The van der Waals surface area contributed by atoms with Crippen LogP contribution < -0.4 is 5.32 Å². The molecule has 1 heterocycles. The summed E-state index contributed by atoms with van der Waals surface area (Å²) >= 11 is 0. The van der Waals surface area contributed by atoms with E-state index in [4.69, 9.17) is 9.84 Å². The van der Waals surface area contributed by atoms with Crippen LogP contribution in [0.15, 0.2) is 78.9 Å². The lowest BCUT2D eigenvalue weighted by Gasteiger charge is -2.24. The number of nitrogens with one attached hydrogen (secondary N) is 1. The molecule has 4 rings (SSSR count). The van der Waals surface area contributed by atoms with Gasteiger partial charge in [-0.3, -0.25) is 24.0 Å². The third kappa shape index (κ3) is 9.84. The number of nitrogens with zero attached hydrogens (tertiary/aromatic N) is 1. The van der Waals surface area contributed by atoms with Crippen LogP contribution in [-0.2, 0) is 40.1 Å². The lowest BCUT2D eigenvalue weighted by Crippen LogP contribution is -2.51. The van der Waals surface area contributed by atoms with Crippen LogP contribution in [0.3, 0.4) is 0 Å². The Morgan fingerprint density at radius 3 is 1.98 bits per heavy atom. The minimum atomic E-state index is -1.39. The summed E-state index contributed by atoms with van der Waals surface area (Å²) in [5, 5.41) is 14.1. The van der Waals surface area contributed by atoms with Crippen LogP contribution in [0.1, 0.15) is 32.3 Å². The number of carbonyl (C=O) groups excluding carboxylic acids is 4. The van der Waals surface area contributed by atoms with E-state index in [1.165, 1.54) is 22.6 Å². The molecule has 216 valence electrons. The van der Waals surface area contributed by atoms with Crippen molar-refractivity contribution in [2.24, 2.45) is 0 Å². The van der Waals surface area contributed by atoms with Gasteiger partial charge in [0.2, 0.25) is 11.8 Å². The fourth-order valence-electron chi connectivity index (χ4n) is 4.40. The maximum absolute atomic E-state index is 12.8. The smallest absolute Gasteiger partial charge is 0.305 e. The summed E-state index contributed by atoms with van der Waals surface area (Å²) in [6.45, 7) is 2.29. The van der Waals surface area contributed by atoms with E-state index in [0.29, 0.717) is 6.61 Å². The number of hydrogen-bond acceptors (Lipinski definition) is 7. The molecule has 1 fully saturated rings. The highest BCUT2D eigenvalue weighted by Gasteiger charge is 2.40. The fraction of sp³-hybridized carbons (Fsp3) is 0.323. The number of amides is 2. The van der Waals surface area contributed by atoms with Crippen molar-refractivity contribution in [1.82, 2.24) is 10.2 Å². The van der Waals surface area contributed by atoms with Crippen molar-refractivity contribution in [1.29, 1.82) is 0 Å². The molecule has 1 aliphatic rings. The lowest BCUT2D eigenvalue weighted by atomic mass is 10.1. The first-order valence-electron chi connectivity index (χ1n) is 13.2. The average molecular weight is 563 g/mol. The van der Waals surface area contributed by atoms with Gasteiger partial charge in [0.25, 0.3) is 0 Å². The van der Waals surface area contributed by atoms with E-state index < -0.39 is 54.8 Å². The number of ketones is 1. The highest BCUT2D eigenvalue weighted by molar-refractivity contribution is 5.95. The molecule has 2 amide bonds. The van der Waals surface area contributed by atoms with Gasteiger partial charge in [0.05, 0.1) is 19.1 Å². The zero-order valence-electron chi connectivity index (χ0n) is 23.0. The van der Waals surface area contributed by atoms with Gasteiger partial charge >= 0.3 is 11.9 Å². The van der Waals surface area contributed by atoms with Crippen LogP contribution in [0.2, 0.25) is 0 Å². The summed E-state index contributed by atoms with van der Waals surface area (Å²) in [4.78, 5) is 60.4. The molecule has 0 radical (unpaired) electrons. The van der Waals surface area contributed by atoms with Gasteiger partial charge in [0, 0.05) is 26.8 Å². The van der Waals surface area contributed by atoms with E-state index in [0.717, 1.165) is 12.5 Å². The number of esters is 1. The molecular weight excluding hydrogens is 528 g/mol. The predicted molar refractivity (Wildman–Crippen MR) is 151 cm³/mol. The third-order valence-corrected chi connectivity index (χ3v) is 6.46. The van der Waals surface area contributed by atoms with Crippen LogP contribution in [0.5, 0.6) is 0 Å². The zero-order valence-corrected chi connectivity index (χ0v) is 23.0. The van der Waals surface area contributed by atoms with E-state index in [2.05, 4.69) is 58.6 Å². The topological polar surface area (TPSA) is 139 Å². The molecule has 3 atom stereocenters. The Morgan fingerprint density at radius 2 is 1.46 bits per heavy atom. The Kier molecular flexibility index (Phi) is 11.5. The molecule has 3 aromatic rings. The molecule has 1 aliphatic heterocycles. The molecule has 41 heavy (non-hydrogen) atoms. The summed E-state index contributed by atoms with van der Waals surface area (Å²) in [6, 6.07) is 23.8. The van der Waals surface area contributed by atoms with E-state index in [9.17, 15) is 24.0 Å². The van der Waals surface area contributed by atoms with Gasteiger partial charge in [0.1, 0.15) is 12.1 Å². The Morgan fingerprint density at radius 1 is 0.902 bits per heavy atom.